The van der Waals surface area contributed by atoms with E-state index in [1.54, 1.807) is 0 Å². The summed E-state index contributed by atoms with van der Waals surface area (Å²) in [6.07, 6.45) is 0. The summed E-state index contributed by atoms with van der Waals surface area (Å²) in [5.41, 5.74) is 4.86. The summed E-state index contributed by atoms with van der Waals surface area (Å²) in [7, 11) is 1.95. The Morgan fingerprint density at radius 3 is 2.35 bits per heavy atom. The van der Waals surface area contributed by atoms with Crippen molar-refractivity contribution in [1.82, 2.24) is 5.32 Å². The summed E-state index contributed by atoms with van der Waals surface area (Å²) in [4.78, 5) is 0. The van der Waals surface area contributed by atoms with Crippen molar-refractivity contribution in [3.8, 4) is 5.75 Å². The molecule has 0 saturated heterocycles. The highest BCUT2D eigenvalue weighted by atomic mass is 79.9. The maximum atomic E-state index is 5.90. The third kappa shape index (κ3) is 3.84. The van der Waals surface area contributed by atoms with Crippen LogP contribution in [-0.4, -0.2) is 7.05 Å². The summed E-state index contributed by atoms with van der Waals surface area (Å²) >= 11 is 3.57. The standard InChI is InChI=1S/C17H20BrNO/c1-12-7-16(8-13(2)17(12)18)20-11-15-6-4-5-14(9-15)10-19-3/h4-9,19H,10-11H2,1-3H3. The second-order valence-corrected chi connectivity index (χ2v) is 5.80. The Morgan fingerprint density at radius 1 is 1.05 bits per heavy atom. The first kappa shape index (κ1) is 15.1. The molecule has 20 heavy (non-hydrogen) atoms. The molecule has 2 aromatic rings. The summed E-state index contributed by atoms with van der Waals surface area (Å²) in [6, 6.07) is 12.6. The minimum Gasteiger partial charge on any atom is -0.489 e. The molecule has 0 aromatic heterocycles. The van der Waals surface area contributed by atoms with Crippen LogP contribution < -0.4 is 10.1 Å². The molecule has 0 aliphatic carbocycles. The molecule has 2 aromatic carbocycles. The van der Waals surface area contributed by atoms with Crippen molar-refractivity contribution >= 4 is 15.9 Å². The Kier molecular flexibility index (Phi) is 5.21. The van der Waals surface area contributed by atoms with E-state index in [0.717, 1.165) is 16.8 Å². The highest BCUT2D eigenvalue weighted by Crippen LogP contribution is 2.26. The van der Waals surface area contributed by atoms with Gasteiger partial charge in [0.25, 0.3) is 0 Å². The van der Waals surface area contributed by atoms with Crippen LogP contribution >= 0.6 is 15.9 Å². The number of hydrogen-bond donors (Lipinski definition) is 1. The molecule has 2 rings (SSSR count). The van der Waals surface area contributed by atoms with Crippen LogP contribution in [0.4, 0.5) is 0 Å². The number of halogens is 1. The summed E-state index contributed by atoms with van der Waals surface area (Å²) in [5.74, 6) is 0.919. The first-order chi connectivity index (χ1) is 9.60. The number of rotatable bonds is 5. The van der Waals surface area contributed by atoms with Gasteiger partial charge >= 0.3 is 0 Å². The lowest BCUT2D eigenvalue weighted by Gasteiger charge is -2.11. The van der Waals surface area contributed by atoms with E-state index < -0.39 is 0 Å². The third-order valence-corrected chi connectivity index (χ3v) is 4.44. The molecule has 0 spiro atoms. The molecule has 0 fully saturated rings. The molecule has 0 atom stereocenters. The molecular formula is C17H20BrNO. The fraction of sp³-hybridized carbons (Fsp3) is 0.294. The lowest BCUT2D eigenvalue weighted by Crippen LogP contribution is -2.05. The van der Waals surface area contributed by atoms with Crippen molar-refractivity contribution in [3.63, 3.8) is 0 Å². The fourth-order valence-electron chi connectivity index (χ4n) is 2.19. The SMILES string of the molecule is CNCc1cccc(COc2cc(C)c(Br)c(C)c2)c1. The monoisotopic (exact) mass is 333 g/mol. The van der Waals surface area contributed by atoms with Gasteiger partial charge in [0.2, 0.25) is 0 Å². The van der Waals surface area contributed by atoms with Crippen LogP contribution in [0.5, 0.6) is 5.75 Å². The zero-order valence-electron chi connectivity index (χ0n) is 12.2. The number of hydrogen-bond acceptors (Lipinski definition) is 2. The van der Waals surface area contributed by atoms with Gasteiger partial charge in [0.15, 0.2) is 0 Å². The average molecular weight is 334 g/mol. The number of ether oxygens (including phenoxy) is 1. The van der Waals surface area contributed by atoms with Crippen LogP contribution in [0.1, 0.15) is 22.3 Å². The largest absolute Gasteiger partial charge is 0.489 e. The molecule has 3 heteroatoms. The van der Waals surface area contributed by atoms with Gasteiger partial charge in [0, 0.05) is 11.0 Å². The van der Waals surface area contributed by atoms with Gasteiger partial charge in [-0.3, -0.25) is 0 Å². The third-order valence-electron chi connectivity index (χ3n) is 3.19. The van der Waals surface area contributed by atoms with Crippen LogP contribution in [0, 0.1) is 13.8 Å². The maximum Gasteiger partial charge on any atom is 0.120 e. The summed E-state index contributed by atoms with van der Waals surface area (Å²) in [6.45, 7) is 5.64. The molecule has 0 radical (unpaired) electrons. The minimum absolute atomic E-state index is 0.595. The topological polar surface area (TPSA) is 21.3 Å². The zero-order valence-corrected chi connectivity index (χ0v) is 13.8. The van der Waals surface area contributed by atoms with Gasteiger partial charge in [-0.15, -0.1) is 0 Å². The minimum atomic E-state index is 0.595. The molecule has 0 saturated carbocycles. The van der Waals surface area contributed by atoms with E-state index in [-0.39, 0.29) is 0 Å². The average Bonchev–Trinajstić information content (AvgIpc) is 2.43. The first-order valence-corrected chi connectivity index (χ1v) is 7.51. The predicted molar refractivity (Wildman–Crippen MR) is 87.2 cm³/mol. The van der Waals surface area contributed by atoms with E-state index in [1.165, 1.54) is 22.3 Å². The molecular weight excluding hydrogens is 314 g/mol. The van der Waals surface area contributed by atoms with Crippen LogP contribution in [0.3, 0.4) is 0 Å². The van der Waals surface area contributed by atoms with Crippen molar-refractivity contribution in [3.05, 3.63) is 63.1 Å². The van der Waals surface area contributed by atoms with Crippen molar-refractivity contribution in [2.45, 2.75) is 27.0 Å². The fourth-order valence-corrected chi connectivity index (χ4v) is 2.42. The molecule has 0 amide bonds. The summed E-state index contributed by atoms with van der Waals surface area (Å²) < 4.78 is 7.05. The molecule has 0 aliphatic heterocycles. The van der Waals surface area contributed by atoms with Gasteiger partial charge in [0.05, 0.1) is 0 Å². The normalized spacial score (nSPS) is 10.6. The van der Waals surface area contributed by atoms with Crippen molar-refractivity contribution in [1.29, 1.82) is 0 Å². The Morgan fingerprint density at radius 2 is 1.70 bits per heavy atom. The van der Waals surface area contributed by atoms with E-state index in [0.29, 0.717) is 6.61 Å². The van der Waals surface area contributed by atoms with Crippen LogP contribution in [-0.2, 0) is 13.2 Å². The number of aryl methyl sites for hydroxylation is 2. The van der Waals surface area contributed by atoms with Crippen LogP contribution in [0.15, 0.2) is 40.9 Å². The van der Waals surface area contributed by atoms with Gasteiger partial charge in [-0.25, -0.2) is 0 Å². The second-order valence-electron chi connectivity index (χ2n) is 5.01. The molecule has 0 unspecified atom stereocenters. The van der Waals surface area contributed by atoms with Crippen molar-refractivity contribution in [2.24, 2.45) is 0 Å². The van der Waals surface area contributed by atoms with E-state index >= 15 is 0 Å². The second kappa shape index (κ2) is 6.91. The van der Waals surface area contributed by atoms with E-state index in [4.69, 9.17) is 4.74 Å². The van der Waals surface area contributed by atoms with Crippen LogP contribution in [0.25, 0.3) is 0 Å². The maximum absolute atomic E-state index is 5.90. The van der Waals surface area contributed by atoms with Gasteiger partial charge in [-0.2, -0.15) is 0 Å². The van der Waals surface area contributed by atoms with E-state index in [1.807, 2.05) is 7.05 Å². The molecule has 0 aliphatic rings. The Balaban J connectivity index is 2.07. The van der Waals surface area contributed by atoms with Gasteiger partial charge in [-0.05, 0) is 55.3 Å². The quantitative estimate of drug-likeness (QED) is 0.877. The molecule has 2 nitrogen and oxygen atoms in total. The number of nitrogens with one attached hydrogen (secondary N) is 1. The Hall–Kier alpha value is -1.32. The first-order valence-electron chi connectivity index (χ1n) is 6.72. The Bertz CT molecular complexity index is 572. The van der Waals surface area contributed by atoms with Gasteiger partial charge < -0.3 is 10.1 Å². The van der Waals surface area contributed by atoms with Gasteiger partial charge in [0.1, 0.15) is 12.4 Å². The lowest BCUT2D eigenvalue weighted by atomic mass is 10.1. The predicted octanol–water partition coefficient (Wildman–Crippen LogP) is 4.36. The lowest BCUT2D eigenvalue weighted by molar-refractivity contribution is 0.305. The molecule has 1 N–H and O–H groups in total. The van der Waals surface area contributed by atoms with Crippen molar-refractivity contribution < 1.29 is 4.74 Å². The van der Waals surface area contributed by atoms with E-state index in [9.17, 15) is 0 Å². The van der Waals surface area contributed by atoms with Crippen LogP contribution in [0.2, 0.25) is 0 Å². The van der Waals surface area contributed by atoms with Crippen molar-refractivity contribution in [2.75, 3.05) is 7.05 Å². The summed E-state index contributed by atoms with van der Waals surface area (Å²) in [5, 5.41) is 3.16. The highest BCUT2D eigenvalue weighted by molar-refractivity contribution is 9.10. The molecule has 0 bridgehead atoms. The van der Waals surface area contributed by atoms with E-state index in [2.05, 4.69) is 71.5 Å². The smallest absolute Gasteiger partial charge is 0.120 e. The Labute approximate surface area is 129 Å². The number of benzene rings is 2. The zero-order chi connectivity index (χ0) is 14.5. The molecule has 106 valence electrons. The molecule has 0 heterocycles. The highest BCUT2D eigenvalue weighted by Gasteiger charge is 2.04. The van der Waals surface area contributed by atoms with Gasteiger partial charge in [-0.1, -0.05) is 40.2 Å².